The number of benzene rings is 1. The Labute approximate surface area is 160 Å². The molecule has 0 bridgehead atoms. The van der Waals surface area contributed by atoms with Crippen molar-refractivity contribution in [3.05, 3.63) is 46.5 Å². The van der Waals surface area contributed by atoms with Gasteiger partial charge in [-0.05, 0) is 19.5 Å². The molecule has 140 valence electrons. The van der Waals surface area contributed by atoms with E-state index in [4.69, 9.17) is 9.72 Å². The fourth-order valence-electron chi connectivity index (χ4n) is 3.77. The van der Waals surface area contributed by atoms with E-state index < -0.39 is 0 Å². The highest BCUT2D eigenvalue weighted by atomic mass is 32.1. The van der Waals surface area contributed by atoms with Crippen LogP contribution in [0.5, 0.6) is 0 Å². The largest absolute Gasteiger partial charge is 0.378 e. The van der Waals surface area contributed by atoms with Crippen molar-refractivity contribution in [2.45, 2.75) is 19.5 Å². The van der Waals surface area contributed by atoms with E-state index in [2.05, 4.69) is 59.0 Å². The van der Waals surface area contributed by atoms with E-state index in [9.17, 15) is 0 Å². The van der Waals surface area contributed by atoms with Crippen molar-refractivity contribution in [1.82, 2.24) is 14.8 Å². The predicted molar refractivity (Wildman–Crippen MR) is 107 cm³/mol. The van der Waals surface area contributed by atoms with Crippen molar-refractivity contribution in [3.8, 4) is 0 Å². The van der Waals surface area contributed by atoms with Crippen LogP contribution in [0.15, 0.2) is 30.3 Å². The fourth-order valence-corrected chi connectivity index (χ4v) is 4.91. The molecule has 1 atom stereocenters. The van der Waals surface area contributed by atoms with Gasteiger partial charge in [-0.2, -0.15) is 0 Å². The number of hydrogen-bond donors (Lipinski definition) is 0. The first-order valence-electron chi connectivity index (χ1n) is 9.47. The Morgan fingerprint density at radius 3 is 2.65 bits per heavy atom. The van der Waals surface area contributed by atoms with Crippen LogP contribution in [0.2, 0.25) is 0 Å². The van der Waals surface area contributed by atoms with Gasteiger partial charge in [-0.1, -0.05) is 30.3 Å². The van der Waals surface area contributed by atoms with Gasteiger partial charge in [0.15, 0.2) is 5.13 Å². The molecular formula is C20H28N4OS. The summed E-state index contributed by atoms with van der Waals surface area (Å²) in [7, 11) is 2.22. The summed E-state index contributed by atoms with van der Waals surface area (Å²) in [6, 6.07) is 11.4. The van der Waals surface area contributed by atoms with Gasteiger partial charge in [-0.15, -0.1) is 11.3 Å². The highest BCUT2D eigenvalue weighted by molar-refractivity contribution is 7.15. The first-order chi connectivity index (χ1) is 12.7. The zero-order valence-corrected chi connectivity index (χ0v) is 16.5. The lowest BCUT2D eigenvalue weighted by Gasteiger charge is -2.40. The predicted octanol–water partition coefficient (Wildman–Crippen LogP) is 2.78. The second-order valence-corrected chi connectivity index (χ2v) is 8.33. The average Bonchev–Trinajstić information content (AvgIpc) is 3.05. The molecule has 2 aliphatic rings. The van der Waals surface area contributed by atoms with Gasteiger partial charge in [0.25, 0.3) is 0 Å². The lowest BCUT2D eigenvalue weighted by molar-refractivity contribution is 0.0840. The summed E-state index contributed by atoms with van der Waals surface area (Å²) in [6.07, 6.45) is 0. The number of likely N-dealkylation sites (N-methyl/N-ethyl adjacent to an activating group) is 1. The van der Waals surface area contributed by atoms with E-state index in [0.29, 0.717) is 6.04 Å². The molecule has 2 aromatic rings. The average molecular weight is 373 g/mol. The number of hydrogen-bond acceptors (Lipinski definition) is 6. The number of aryl methyl sites for hydroxylation is 1. The molecule has 5 nitrogen and oxygen atoms in total. The molecule has 2 saturated heterocycles. The van der Waals surface area contributed by atoms with E-state index in [1.165, 1.54) is 16.1 Å². The number of aromatic nitrogens is 1. The van der Waals surface area contributed by atoms with Crippen LogP contribution in [0.4, 0.5) is 5.13 Å². The fraction of sp³-hybridized carbons (Fsp3) is 0.550. The minimum Gasteiger partial charge on any atom is -0.378 e. The van der Waals surface area contributed by atoms with Crippen molar-refractivity contribution >= 4 is 16.5 Å². The van der Waals surface area contributed by atoms with Crippen LogP contribution in [0, 0.1) is 6.92 Å². The maximum absolute atomic E-state index is 5.48. The number of ether oxygens (including phenoxy) is 1. The van der Waals surface area contributed by atoms with Crippen molar-refractivity contribution in [2.75, 3.05) is 57.9 Å². The summed E-state index contributed by atoms with van der Waals surface area (Å²) in [5.74, 6) is 0. The highest BCUT2D eigenvalue weighted by Gasteiger charge is 2.28. The molecule has 1 aromatic heterocycles. The maximum atomic E-state index is 5.48. The van der Waals surface area contributed by atoms with Crippen molar-refractivity contribution < 1.29 is 4.74 Å². The zero-order chi connectivity index (χ0) is 17.9. The molecular weight excluding hydrogens is 344 g/mol. The number of morpholine rings is 1. The molecule has 1 aromatic carbocycles. The second-order valence-electron chi connectivity index (χ2n) is 7.26. The molecule has 0 unspecified atom stereocenters. The molecule has 26 heavy (non-hydrogen) atoms. The lowest BCUT2D eigenvalue weighted by Crippen LogP contribution is -2.46. The monoisotopic (exact) mass is 372 g/mol. The quantitative estimate of drug-likeness (QED) is 0.824. The summed E-state index contributed by atoms with van der Waals surface area (Å²) < 4.78 is 5.48. The van der Waals surface area contributed by atoms with Crippen molar-refractivity contribution in [2.24, 2.45) is 0 Å². The number of piperazine rings is 1. The zero-order valence-electron chi connectivity index (χ0n) is 15.7. The van der Waals surface area contributed by atoms with Gasteiger partial charge in [-0.25, -0.2) is 4.98 Å². The lowest BCUT2D eigenvalue weighted by atomic mass is 10.0. The molecule has 0 aliphatic carbocycles. The van der Waals surface area contributed by atoms with Gasteiger partial charge in [0.05, 0.1) is 18.9 Å². The SMILES string of the molecule is Cc1nc(N2CCOCC2)sc1CN1CCN(C)C[C@H]1c1ccccc1. The van der Waals surface area contributed by atoms with Crippen LogP contribution in [0.3, 0.4) is 0 Å². The molecule has 6 heteroatoms. The summed E-state index contributed by atoms with van der Waals surface area (Å²) in [6.45, 7) is 9.96. The molecule has 0 spiro atoms. The Morgan fingerprint density at radius 2 is 1.88 bits per heavy atom. The molecule has 0 saturated carbocycles. The minimum absolute atomic E-state index is 0.447. The molecule has 0 amide bonds. The van der Waals surface area contributed by atoms with Gasteiger partial charge in [0.1, 0.15) is 0 Å². The van der Waals surface area contributed by atoms with Crippen molar-refractivity contribution in [3.63, 3.8) is 0 Å². The van der Waals surface area contributed by atoms with Gasteiger partial charge in [-0.3, -0.25) is 4.90 Å². The molecule has 3 heterocycles. The summed E-state index contributed by atoms with van der Waals surface area (Å²) in [5, 5.41) is 1.16. The van der Waals surface area contributed by atoms with Crippen LogP contribution in [-0.4, -0.2) is 67.8 Å². The number of anilines is 1. The van der Waals surface area contributed by atoms with E-state index in [-0.39, 0.29) is 0 Å². The summed E-state index contributed by atoms with van der Waals surface area (Å²) in [4.78, 5) is 13.7. The molecule has 0 radical (unpaired) electrons. The first kappa shape index (κ1) is 17.9. The van der Waals surface area contributed by atoms with Crippen LogP contribution >= 0.6 is 11.3 Å². The van der Waals surface area contributed by atoms with E-state index in [1.807, 2.05) is 11.3 Å². The standard InChI is InChI=1S/C20H28N4OS/c1-16-19(26-20(21-16)23-10-12-25-13-11-23)15-24-9-8-22(2)14-18(24)17-6-4-3-5-7-17/h3-7,18H,8-15H2,1-2H3/t18-/m0/s1. The molecule has 2 aliphatic heterocycles. The smallest absolute Gasteiger partial charge is 0.185 e. The Hall–Kier alpha value is -1.47. The number of nitrogens with zero attached hydrogens (tertiary/aromatic N) is 4. The van der Waals surface area contributed by atoms with Crippen LogP contribution in [0.25, 0.3) is 0 Å². The van der Waals surface area contributed by atoms with Gasteiger partial charge in [0.2, 0.25) is 0 Å². The van der Waals surface area contributed by atoms with E-state index >= 15 is 0 Å². The molecule has 2 fully saturated rings. The number of rotatable bonds is 4. The molecule has 4 rings (SSSR count). The van der Waals surface area contributed by atoms with Gasteiger partial charge < -0.3 is 14.5 Å². The third-order valence-corrected chi connectivity index (χ3v) is 6.59. The number of thiazole rings is 1. The third-order valence-electron chi connectivity index (χ3n) is 5.39. The first-order valence-corrected chi connectivity index (χ1v) is 10.3. The van der Waals surface area contributed by atoms with Crippen LogP contribution in [0.1, 0.15) is 22.2 Å². The summed E-state index contributed by atoms with van der Waals surface area (Å²) in [5.41, 5.74) is 2.59. The normalized spacial score (nSPS) is 22.7. The van der Waals surface area contributed by atoms with Gasteiger partial charge in [0, 0.05) is 50.2 Å². The third kappa shape index (κ3) is 3.93. The Balaban J connectivity index is 1.52. The Bertz CT molecular complexity index is 714. The molecule has 0 N–H and O–H groups in total. The topological polar surface area (TPSA) is 31.8 Å². The minimum atomic E-state index is 0.447. The van der Waals surface area contributed by atoms with E-state index in [1.54, 1.807) is 0 Å². The highest BCUT2D eigenvalue weighted by Crippen LogP contribution is 2.32. The van der Waals surface area contributed by atoms with E-state index in [0.717, 1.165) is 57.6 Å². The summed E-state index contributed by atoms with van der Waals surface area (Å²) >= 11 is 1.86. The second kappa shape index (κ2) is 8.05. The van der Waals surface area contributed by atoms with Crippen LogP contribution < -0.4 is 4.90 Å². The Morgan fingerprint density at radius 1 is 1.12 bits per heavy atom. The van der Waals surface area contributed by atoms with Gasteiger partial charge >= 0.3 is 0 Å². The van der Waals surface area contributed by atoms with Crippen LogP contribution in [-0.2, 0) is 11.3 Å². The van der Waals surface area contributed by atoms with Crippen molar-refractivity contribution in [1.29, 1.82) is 0 Å². The maximum Gasteiger partial charge on any atom is 0.185 e. The Kier molecular flexibility index (Phi) is 5.55.